The summed E-state index contributed by atoms with van der Waals surface area (Å²) in [6.07, 6.45) is 2.42. The highest BCUT2D eigenvalue weighted by molar-refractivity contribution is 5.90. The number of pyridine rings is 1. The molecule has 0 bridgehead atoms. The molecule has 0 saturated heterocycles. The Labute approximate surface area is 118 Å². The summed E-state index contributed by atoms with van der Waals surface area (Å²) >= 11 is 0. The van der Waals surface area contributed by atoms with E-state index >= 15 is 0 Å². The fraction of sp³-hybridized carbons (Fsp3) is 0.600. The van der Waals surface area contributed by atoms with Gasteiger partial charge < -0.3 is 9.67 Å². The van der Waals surface area contributed by atoms with Crippen LogP contribution in [0, 0.1) is 13.8 Å². The van der Waals surface area contributed by atoms with Gasteiger partial charge in [0.1, 0.15) is 0 Å². The molecular weight excluding hydrogens is 256 g/mol. The van der Waals surface area contributed by atoms with Crippen LogP contribution in [0.1, 0.15) is 41.4 Å². The third-order valence-corrected chi connectivity index (χ3v) is 4.25. The van der Waals surface area contributed by atoms with E-state index in [1.54, 1.807) is 18.4 Å². The van der Waals surface area contributed by atoms with Crippen LogP contribution in [-0.2, 0) is 6.54 Å². The first kappa shape index (κ1) is 14.8. The summed E-state index contributed by atoms with van der Waals surface area (Å²) < 4.78 is 1.58. The monoisotopic (exact) mass is 278 g/mol. The van der Waals surface area contributed by atoms with Crippen LogP contribution in [0.25, 0.3) is 0 Å². The maximum absolute atomic E-state index is 12.1. The van der Waals surface area contributed by atoms with Crippen LogP contribution in [0.5, 0.6) is 0 Å². The third kappa shape index (κ3) is 2.77. The molecule has 0 aromatic carbocycles. The molecule has 1 aliphatic rings. The summed E-state index contributed by atoms with van der Waals surface area (Å²) in [5.41, 5.74) is 1.19. The minimum absolute atomic E-state index is 0.124. The molecule has 1 fully saturated rings. The van der Waals surface area contributed by atoms with Gasteiger partial charge in [0.2, 0.25) is 0 Å². The van der Waals surface area contributed by atoms with Crippen LogP contribution in [0.4, 0.5) is 0 Å². The van der Waals surface area contributed by atoms with Gasteiger partial charge in [0.15, 0.2) is 0 Å². The van der Waals surface area contributed by atoms with Gasteiger partial charge in [0.25, 0.3) is 5.56 Å². The standard InChI is InChI=1S/C15H22N2O3/c1-9-7-13(18)17(11(3)14(9)15(19)20)8-10(2)16(4)12-5-6-12/h7,10,12H,5-6,8H2,1-4H3,(H,19,20). The second kappa shape index (κ2) is 5.40. The number of aromatic nitrogens is 1. The van der Waals surface area contributed by atoms with Crippen LogP contribution < -0.4 is 5.56 Å². The van der Waals surface area contributed by atoms with Crippen LogP contribution >= 0.6 is 0 Å². The molecule has 0 amide bonds. The molecule has 1 heterocycles. The molecule has 1 aromatic rings. The molecule has 5 nitrogen and oxygen atoms in total. The van der Waals surface area contributed by atoms with E-state index in [4.69, 9.17) is 0 Å². The summed E-state index contributed by atoms with van der Waals surface area (Å²) in [4.78, 5) is 25.7. The van der Waals surface area contributed by atoms with E-state index in [1.165, 1.54) is 18.9 Å². The molecule has 1 atom stereocenters. The van der Waals surface area contributed by atoms with E-state index in [-0.39, 0.29) is 17.2 Å². The minimum Gasteiger partial charge on any atom is -0.478 e. The fourth-order valence-corrected chi connectivity index (χ4v) is 2.71. The lowest BCUT2D eigenvalue weighted by Crippen LogP contribution is -2.38. The molecule has 1 aliphatic carbocycles. The maximum Gasteiger partial charge on any atom is 0.337 e. The fourth-order valence-electron chi connectivity index (χ4n) is 2.71. The van der Waals surface area contributed by atoms with Gasteiger partial charge in [-0.05, 0) is 46.2 Å². The lowest BCUT2D eigenvalue weighted by atomic mass is 10.1. The van der Waals surface area contributed by atoms with Crippen LogP contribution in [0.3, 0.4) is 0 Å². The second-order valence-electron chi connectivity index (χ2n) is 5.79. The van der Waals surface area contributed by atoms with E-state index in [0.717, 1.165) is 0 Å². The number of rotatable bonds is 5. The molecular formula is C15H22N2O3. The SMILES string of the molecule is Cc1cc(=O)n(CC(C)N(C)C2CC2)c(C)c1C(=O)O. The first-order valence-electron chi connectivity index (χ1n) is 6.99. The topological polar surface area (TPSA) is 62.5 Å². The van der Waals surface area contributed by atoms with Crippen molar-refractivity contribution in [2.45, 2.75) is 52.2 Å². The van der Waals surface area contributed by atoms with Crippen molar-refractivity contribution in [1.82, 2.24) is 9.47 Å². The zero-order valence-corrected chi connectivity index (χ0v) is 12.5. The number of aryl methyl sites for hydroxylation is 1. The summed E-state index contributed by atoms with van der Waals surface area (Å²) in [6, 6.07) is 2.24. The molecule has 110 valence electrons. The summed E-state index contributed by atoms with van der Waals surface area (Å²) in [6.45, 7) is 5.98. The Morgan fingerprint density at radius 3 is 2.60 bits per heavy atom. The van der Waals surface area contributed by atoms with Gasteiger partial charge in [-0.2, -0.15) is 0 Å². The van der Waals surface area contributed by atoms with Crippen molar-refractivity contribution in [3.8, 4) is 0 Å². The normalized spacial score (nSPS) is 16.4. The largest absolute Gasteiger partial charge is 0.478 e. The van der Waals surface area contributed by atoms with Crippen molar-refractivity contribution >= 4 is 5.97 Å². The van der Waals surface area contributed by atoms with Crippen molar-refractivity contribution in [3.63, 3.8) is 0 Å². The number of hydrogen-bond donors (Lipinski definition) is 1. The molecule has 1 aromatic heterocycles. The van der Waals surface area contributed by atoms with E-state index < -0.39 is 5.97 Å². The van der Waals surface area contributed by atoms with Crippen LogP contribution in [0.15, 0.2) is 10.9 Å². The Morgan fingerprint density at radius 1 is 1.50 bits per heavy atom. The maximum atomic E-state index is 12.1. The van der Waals surface area contributed by atoms with Crippen molar-refractivity contribution in [2.24, 2.45) is 0 Å². The first-order chi connectivity index (χ1) is 9.32. The van der Waals surface area contributed by atoms with Gasteiger partial charge in [-0.15, -0.1) is 0 Å². The predicted molar refractivity (Wildman–Crippen MR) is 77.4 cm³/mol. The van der Waals surface area contributed by atoms with Crippen molar-refractivity contribution < 1.29 is 9.90 Å². The zero-order chi connectivity index (χ0) is 15.0. The quantitative estimate of drug-likeness (QED) is 0.889. The minimum atomic E-state index is -0.975. The molecule has 1 saturated carbocycles. The Balaban J connectivity index is 2.33. The number of nitrogens with zero attached hydrogens (tertiary/aromatic N) is 2. The number of likely N-dealkylation sites (N-methyl/N-ethyl adjacent to an activating group) is 1. The van der Waals surface area contributed by atoms with E-state index in [9.17, 15) is 14.7 Å². The Morgan fingerprint density at radius 2 is 2.10 bits per heavy atom. The molecule has 20 heavy (non-hydrogen) atoms. The predicted octanol–water partition coefficient (Wildman–Crippen LogP) is 1.65. The molecule has 2 rings (SSSR count). The van der Waals surface area contributed by atoms with Gasteiger partial charge in [-0.25, -0.2) is 4.79 Å². The number of aromatic carboxylic acids is 1. The second-order valence-corrected chi connectivity index (χ2v) is 5.79. The number of carboxylic acids is 1. The average molecular weight is 278 g/mol. The summed E-state index contributed by atoms with van der Waals surface area (Å²) in [7, 11) is 2.06. The lowest BCUT2D eigenvalue weighted by molar-refractivity contribution is 0.0693. The molecule has 0 radical (unpaired) electrons. The van der Waals surface area contributed by atoms with Crippen LogP contribution in [0.2, 0.25) is 0 Å². The number of carboxylic acid groups (broad SMARTS) is 1. The molecule has 1 unspecified atom stereocenters. The van der Waals surface area contributed by atoms with E-state index in [0.29, 0.717) is 23.8 Å². The van der Waals surface area contributed by atoms with Gasteiger partial charge in [0.05, 0.1) is 5.56 Å². The van der Waals surface area contributed by atoms with E-state index in [1.807, 2.05) is 0 Å². The zero-order valence-electron chi connectivity index (χ0n) is 12.5. The highest BCUT2D eigenvalue weighted by atomic mass is 16.4. The number of hydrogen-bond acceptors (Lipinski definition) is 3. The number of carbonyl (C=O) groups is 1. The Bertz CT molecular complexity index is 588. The van der Waals surface area contributed by atoms with Gasteiger partial charge in [-0.3, -0.25) is 9.69 Å². The van der Waals surface area contributed by atoms with Gasteiger partial charge in [0, 0.05) is 30.4 Å². The van der Waals surface area contributed by atoms with E-state index in [2.05, 4.69) is 18.9 Å². The summed E-state index contributed by atoms with van der Waals surface area (Å²) in [5, 5.41) is 9.28. The Hall–Kier alpha value is -1.62. The molecule has 1 N–H and O–H groups in total. The molecule has 0 spiro atoms. The van der Waals surface area contributed by atoms with Crippen molar-refractivity contribution in [3.05, 3.63) is 33.2 Å². The summed E-state index contributed by atoms with van der Waals surface area (Å²) in [5.74, 6) is -0.975. The van der Waals surface area contributed by atoms with Crippen molar-refractivity contribution in [2.75, 3.05) is 7.05 Å². The highest BCUT2D eigenvalue weighted by Crippen LogP contribution is 2.27. The van der Waals surface area contributed by atoms with Gasteiger partial charge in [-0.1, -0.05) is 0 Å². The van der Waals surface area contributed by atoms with Crippen molar-refractivity contribution in [1.29, 1.82) is 0 Å². The lowest BCUT2D eigenvalue weighted by Gasteiger charge is -2.26. The van der Waals surface area contributed by atoms with Crippen LogP contribution in [-0.4, -0.2) is 39.7 Å². The highest BCUT2D eigenvalue weighted by Gasteiger charge is 2.29. The molecule has 0 aliphatic heterocycles. The third-order valence-electron chi connectivity index (χ3n) is 4.25. The average Bonchev–Trinajstić information content (AvgIpc) is 3.16. The molecule has 5 heteroatoms. The first-order valence-corrected chi connectivity index (χ1v) is 6.99. The smallest absolute Gasteiger partial charge is 0.337 e. The van der Waals surface area contributed by atoms with Gasteiger partial charge >= 0.3 is 5.97 Å². The Kier molecular flexibility index (Phi) is 3.99.